The first kappa shape index (κ1) is 43.1. The van der Waals surface area contributed by atoms with Crippen molar-refractivity contribution in [2.45, 2.75) is 75.7 Å². The monoisotopic (exact) mass is 746 g/mol. The third-order valence-corrected chi connectivity index (χ3v) is 9.31. The van der Waals surface area contributed by atoms with E-state index in [0.29, 0.717) is 22.3 Å². The predicted molar refractivity (Wildman–Crippen MR) is 178 cm³/mol. The van der Waals surface area contributed by atoms with Crippen molar-refractivity contribution in [2.75, 3.05) is 5.75 Å². The molecule has 21 heteroatoms. The van der Waals surface area contributed by atoms with Gasteiger partial charge in [-0.2, -0.15) is 34.8 Å². The number of alkyl halides is 6. The van der Waals surface area contributed by atoms with Gasteiger partial charge in [0.15, 0.2) is 0 Å². The number of hydrogen-bond acceptors (Lipinski definition) is 8. The van der Waals surface area contributed by atoms with Gasteiger partial charge < -0.3 is 14.2 Å². The van der Waals surface area contributed by atoms with Gasteiger partial charge in [-0.25, -0.2) is 0 Å². The molecule has 0 amide bonds. The lowest BCUT2D eigenvalue weighted by atomic mass is 9.75. The van der Waals surface area contributed by atoms with Crippen molar-refractivity contribution >= 4 is 67.3 Å². The van der Waals surface area contributed by atoms with Crippen molar-refractivity contribution in [3.05, 3.63) is 57.6 Å². The molecule has 0 bridgehead atoms. The molecule has 2 aromatic rings. The zero-order valence-electron chi connectivity index (χ0n) is 27.7. The van der Waals surface area contributed by atoms with E-state index in [9.17, 15) is 49.1 Å². The maximum atomic E-state index is 14.0. The van der Waals surface area contributed by atoms with Crippen LogP contribution in [0.2, 0.25) is 0 Å². The van der Waals surface area contributed by atoms with Gasteiger partial charge in [-0.3, -0.25) is 18.9 Å². The van der Waals surface area contributed by atoms with Crippen molar-refractivity contribution in [2.24, 2.45) is 17.8 Å². The van der Waals surface area contributed by atoms with Gasteiger partial charge in [-0.15, -0.1) is 0 Å². The second-order valence-electron chi connectivity index (χ2n) is 12.3. The summed E-state index contributed by atoms with van der Waals surface area (Å²) in [4.78, 5) is 40.5. The van der Waals surface area contributed by atoms with Crippen molar-refractivity contribution < 1.29 is 67.9 Å². The lowest BCUT2D eigenvalue weighted by Gasteiger charge is -2.38. The molecule has 1 aliphatic rings. The standard InChI is InChI=1S/C31H29B5F6O9S/c1-15-2-16(9-32)3-21(11-34)24(15)49-26(43)18-6-19(27(44)50-25-22(12-35)4-17(10-33)5-23(25)13-36)8-20(7-18)28(45)51-29(30(37,38)39,31(40,41)42)14-52(46,47)48/h2-5,18-20H,6-14H2,1H3,(H,46,47,48). The average molecular weight is 746 g/mol. The Kier molecular flexibility index (Phi) is 13.9. The molecule has 9 nitrogen and oxygen atoms in total. The highest BCUT2D eigenvalue weighted by molar-refractivity contribution is 7.85. The minimum atomic E-state index is -6.61. The lowest BCUT2D eigenvalue weighted by Crippen LogP contribution is -2.64. The predicted octanol–water partition coefficient (Wildman–Crippen LogP) is 3.18. The normalized spacial score (nSPS) is 18.4. The van der Waals surface area contributed by atoms with Crippen LogP contribution in [0.15, 0.2) is 24.3 Å². The van der Waals surface area contributed by atoms with E-state index in [4.69, 9.17) is 53.3 Å². The Morgan fingerprint density at radius 2 is 1.04 bits per heavy atom. The van der Waals surface area contributed by atoms with Crippen molar-refractivity contribution in [3.63, 3.8) is 0 Å². The van der Waals surface area contributed by atoms with Crippen LogP contribution in [0.3, 0.4) is 0 Å². The second kappa shape index (κ2) is 16.8. The van der Waals surface area contributed by atoms with Crippen LogP contribution in [0.4, 0.5) is 26.3 Å². The van der Waals surface area contributed by atoms with Crippen LogP contribution >= 0.6 is 0 Å². The van der Waals surface area contributed by atoms with Crippen molar-refractivity contribution in [1.82, 2.24) is 0 Å². The van der Waals surface area contributed by atoms with Gasteiger partial charge in [0.25, 0.3) is 10.1 Å². The van der Waals surface area contributed by atoms with Crippen LogP contribution in [0.5, 0.6) is 11.5 Å². The summed E-state index contributed by atoms with van der Waals surface area (Å²) in [6, 6.07) is 6.14. The number of carbonyl (C=O) groups excluding carboxylic acids is 3. The van der Waals surface area contributed by atoms with E-state index >= 15 is 0 Å². The van der Waals surface area contributed by atoms with Crippen LogP contribution in [-0.2, 0) is 60.8 Å². The van der Waals surface area contributed by atoms with E-state index in [1.807, 2.05) is 0 Å². The average Bonchev–Trinajstić information content (AvgIpc) is 3.06. The molecule has 1 saturated carbocycles. The Balaban J connectivity index is 2.08. The van der Waals surface area contributed by atoms with Gasteiger partial charge in [-0.1, -0.05) is 67.0 Å². The van der Waals surface area contributed by atoms with Gasteiger partial charge in [0, 0.05) is 0 Å². The third kappa shape index (κ3) is 9.80. The quantitative estimate of drug-likeness (QED) is 0.108. The highest BCUT2D eigenvalue weighted by atomic mass is 32.2. The van der Waals surface area contributed by atoms with Crippen LogP contribution in [0.25, 0.3) is 0 Å². The Morgan fingerprint density at radius 1 is 0.673 bits per heavy atom. The summed E-state index contributed by atoms with van der Waals surface area (Å²) in [5.74, 6) is -13.0. The van der Waals surface area contributed by atoms with E-state index in [1.54, 1.807) is 19.1 Å². The Labute approximate surface area is 303 Å². The Bertz CT molecular complexity index is 1730. The molecule has 10 radical (unpaired) electrons. The third-order valence-electron chi connectivity index (χ3n) is 8.53. The molecule has 52 heavy (non-hydrogen) atoms. The van der Waals surface area contributed by atoms with Crippen LogP contribution in [0, 0.1) is 24.7 Å². The smallest absolute Gasteiger partial charge is 0.438 e. The van der Waals surface area contributed by atoms with Crippen LogP contribution < -0.4 is 9.47 Å². The number of carbonyl (C=O) groups is 3. The summed E-state index contributed by atoms with van der Waals surface area (Å²) in [6.45, 7) is 1.55. The lowest BCUT2D eigenvalue weighted by molar-refractivity contribution is -0.362. The Hall–Kier alpha value is -3.34. The van der Waals surface area contributed by atoms with Gasteiger partial charge in [0.2, 0.25) is 0 Å². The maximum Gasteiger partial charge on any atom is 0.438 e. The molecular weight excluding hydrogens is 716 g/mol. The fourth-order valence-electron chi connectivity index (χ4n) is 5.97. The molecule has 0 saturated heterocycles. The van der Waals surface area contributed by atoms with Crippen LogP contribution in [-0.4, -0.2) is 93.8 Å². The first-order valence-corrected chi connectivity index (χ1v) is 17.2. The fourth-order valence-corrected chi connectivity index (χ4v) is 6.87. The molecule has 1 fully saturated rings. The molecule has 3 atom stereocenters. The van der Waals surface area contributed by atoms with Crippen molar-refractivity contribution in [3.8, 4) is 11.5 Å². The van der Waals surface area contributed by atoms with Crippen LogP contribution in [0.1, 0.15) is 52.6 Å². The van der Waals surface area contributed by atoms with Gasteiger partial charge in [0.05, 0.1) is 57.0 Å². The summed E-state index contributed by atoms with van der Waals surface area (Å²) in [5.41, 5.74) is -3.31. The molecule has 2 aromatic carbocycles. The molecule has 3 rings (SSSR count). The molecule has 3 unspecified atom stereocenters. The summed E-state index contributed by atoms with van der Waals surface area (Å²) >= 11 is 0. The number of esters is 3. The number of hydrogen-bond donors (Lipinski definition) is 1. The second-order valence-corrected chi connectivity index (χ2v) is 13.7. The highest BCUT2D eigenvalue weighted by Crippen LogP contribution is 2.48. The number of ether oxygens (including phenoxy) is 3. The molecule has 0 heterocycles. The topological polar surface area (TPSA) is 133 Å². The number of halogens is 6. The number of rotatable bonds is 13. The molecule has 0 aliphatic heterocycles. The van der Waals surface area contributed by atoms with Gasteiger partial charge >= 0.3 is 35.9 Å². The summed E-state index contributed by atoms with van der Waals surface area (Å²) in [7, 11) is 22.8. The van der Waals surface area contributed by atoms with E-state index < -0.39 is 88.7 Å². The molecule has 1 aliphatic carbocycles. The minimum Gasteiger partial charge on any atom is -0.438 e. The zero-order valence-corrected chi connectivity index (χ0v) is 28.5. The molecule has 270 valence electrons. The SMILES string of the molecule is [B]Cc1cc(C)c(OC(=O)C2CC(C(=O)Oc3c(C[B])cc(C[B])cc3C[B])CC(C(=O)OC(CS(=O)(=O)O)(C(F)(F)F)C(F)(F)F)C2)c(C[B])c1. The minimum absolute atomic E-state index is 0.0324. The molecular formula is C31H29B5F6O9S. The van der Waals surface area contributed by atoms with Gasteiger partial charge in [0.1, 0.15) is 17.3 Å². The van der Waals surface area contributed by atoms with Gasteiger partial charge in [-0.05, 0) is 48.4 Å². The summed E-state index contributed by atoms with van der Waals surface area (Å²) in [5, 5.41) is 0. The zero-order chi connectivity index (χ0) is 39.4. The fraction of sp³-hybridized carbons (Fsp3) is 0.516. The largest absolute Gasteiger partial charge is 0.438 e. The van der Waals surface area contributed by atoms with Crippen molar-refractivity contribution in [1.29, 1.82) is 0 Å². The summed E-state index contributed by atoms with van der Waals surface area (Å²) < 4.78 is 131. The highest BCUT2D eigenvalue weighted by Gasteiger charge is 2.76. The number of benzene rings is 2. The van der Waals surface area contributed by atoms with E-state index in [0.717, 1.165) is 0 Å². The first-order valence-electron chi connectivity index (χ1n) is 15.6. The Morgan fingerprint density at radius 3 is 1.40 bits per heavy atom. The van der Waals surface area contributed by atoms with E-state index in [2.05, 4.69) is 4.74 Å². The first-order chi connectivity index (χ1) is 24.0. The van der Waals surface area contributed by atoms with E-state index in [-0.39, 0.29) is 54.2 Å². The maximum absolute atomic E-state index is 14.0. The summed E-state index contributed by atoms with van der Waals surface area (Å²) in [6.07, 6.45) is -15.7. The molecule has 0 aromatic heterocycles. The molecule has 0 spiro atoms. The molecule has 1 N–H and O–H groups in total. The van der Waals surface area contributed by atoms with E-state index in [1.165, 1.54) is 12.1 Å². The number of aryl methyl sites for hydroxylation is 1.